The van der Waals surface area contributed by atoms with Crippen LogP contribution in [0.2, 0.25) is 0 Å². The van der Waals surface area contributed by atoms with Crippen LogP contribution in [0.5, 0.6) is 0 Å². The molecule has 0 saturated carbocycles. The van der Waals surface area contributed by atoms with Crippen molar-refractivity contribution in [1.82, 2.24) is 5.32 Å². The Labute approximate surface area is 251 Å². The topological polar surface area (TPSA) is 75.3 Å². The normalized spacial score (nSPS) is 11.2. The monoisotopic (exact) mass is 562 g/mol. The molecule has 0 unspecified atom stereocenters. The van der Waals surface area contributed by atoms with Crippen LogP contribution in [0.1, 0.15) is 37.4 Å². The maximum atomic E-state index is 13.4. The van der Waals surface area contributed by atoms with E-state index in [2.05, 4.69) is 10.6 Å². The third kappa shape index (κ3) is 7.90. The van der Waals surface area contributed by atoms with Gasteiger partial charge in [-0.15, -0.1) is 0 Å². The third-order valence-electron chi connectivity index (χ3n) is 6.75. The van der Waals surface area contributed by atoms with E-state index >= 15 is 0 Å². The number of allylic oxidation sites excluding steroid dienone is 1. The molecule has 210 valence electrons. The van der Waals surface area contributed by atoms with Gasteiger partial charge in [-0.3, -0.25) is 14.4 Å². The van der Waals surface area contributed by atoms with Crippen LogP contribution in [0.25, 0.3) is 23.3 Å². The molecule has 0 heterocycles. The Morgan fingerprint density at radius 3 is 1.93 bits per heavy atom. The molecule has 0 aromatic heterocycles. The summed E-state index contributed by atoms with van der Waals surface area (Å²) < 4.78 is 0. The smallest absolute Gasteiger partial charge is 0.272 e. The number of hydrogen-bond acceptors (Lipinski definition) is 3. The highest BCUT2D eigenvalue weighted by Crippen LogP contribution is 2.21. The van der Waals surface area contributed by atoms with Crippen molar-refractivity contribution in [3.05, 3.63) is 173 Å². The fourth-order valence-corrected chi connectivity index (χ4v) is 4.47. The van der Waals surface area contributed by atoms with Gasteiger partial charge in [0.15, 0.2) is 5.78 Å². The van der Waals surface area contributed by atoms with E-state index in [1.807, 2.05) is 91.9 Å². The van der Waals surface area contributed by atoms with E-state index in [-0.39, 0.29) is 11.5 Å². The quantitative estimate of drug-likeness (QED) is 0.141. The van der Waals surface area contributed by atoms with E-state index in [0.29, 0.717) is 16.8 Å². The molecule has 0 atom stereocenters. The fraction of sp³-hybridized carbons (Fsp3) is 0.0263. The van der Waals surface area contributed by atoms with Crippen LogP contribution in [0, 0.1) is 6.92 Å². The van der Waals surface area contributed by atoms with Crippen molar-refractivity contribution in [3.8, 4) is 11.1 Å². The number of benzene rings is 5. The van der Waals surface area contributed by atoms with Gasteiger partial charge in [-0.1, -0.05) is 109 Å². The molecule has 0 fully saturated rings. The van der Waals surface area contributed by atoms with Gasteiger partial charge in [-0.05, 0) is 77.7 Å². The summed E-state index contributed by atoms with van der Waals surface area (Å²) >= 11 is 0. The molecule has 43 heavy (non-hydrogen) atoms. The minimum absolute atomic E-state index is 0.0857. The van der Waals surface area contributed by atoms with E-state index in [9.17, 15) is 14.4 Å². The highest BCUT2D eigenvalue weighted by atomic mass is 16.2. The highest BCUT2D eigenvalue weighted by molar-refractivity contribution is 6.11. The predicted octanol–water partition coefficient (Wildman–Crippen LogP) is 7.97. The van der Waals surface area contributed by atoms with Crippen molar-refractivity contribution in [1.29, 1.82) is 0 Å². The molecule has 0 bridgehead atoms. The first-order valence-electron chi connectivity index (χ1n) is 13.9. The van der Waals surface area contributed by atoms with Crippen molar-refractivity contribution in [2.45, 2.75) is 6.92 Å². The van der Waals surface area contributed by atoms with Gasteiger partial charge in [0.25, 0.3) is 11.8 Å². The number of carbonyl (C=O) groups is 3. The number of amides is 2. The Kier molecular flexibility index (Phi) is 9.15. The number of aryl methyl sites for hydroxylation is 1. The summed E-state index contributed by atoms with van der Waals surface area (Å²) in [5, 5.41) is 5.60. The summed E-state index contributed by atoms with van der Waals surface area (Å²) in [4.78, 5) is 39.1. The number of rotatable bonds is 9. The van der Waals surface area contributed by atoms with Gasteiger partial charge in [0, 0.05) is 16.8 Å². The van der Waals surface area contributed by atoms with Crippen LogP contribution >= 0.6 is 0 Å². The Hall–Kier alpha value is -5.81. The lowest BCUT2D eigenvalue weighted by Gasteiger charge is -2.12. The lowest BCUT2D eigenvalue weighted by atomic mass is 10.0. The van der Waals surface area contributed by atoms with Crippen molar-refractivity contribution in [3.63, 3.8) is 0 Å². The molecule has 0 aliphatic heterocycles. The molecule has 2 amide bonds. The summed E-state index contributed by atoms with van der Waals surface area (Å²) in [6, 6.07) is 41.0. The van der Waals surface area contributed by atoms with Crippen LogP contribution in [0.4, 0.5) is 5.69 Å². The van der Waals surface area contributed by atoms with Gasteiger partial charge in [0.2, 0.25) is 0 Å². The average Bonchev–Trinajstić information content (AvgIpc) is 3.05. The van der Waals surface area contributed by atoms with Gasteiger partial charge in [-0.25, -0.2) is 0 Å². The lowest BCUT2D eigenvalue weighted by Crippen LogP contribution is -2.30. The largest absolute Gasteiger partial charge is 0.321 e. The first-order chi connectivity index (χ1) is 20.9. The molecule has 0 aliphatic rings. The molecule has 0 spiro atoms. The predicted molar refractivity (Wildman–Crippen MR) is 173 cm³/mol. The number of nitrogens with one attached hydrogen (secondary N) is 2. The molecule has 0 saturated heterocycles. The van der Waals surface area contributed by atoms with Crippen LogP contribution in [0.3, 0.4) is 0 Å². The first kappa shape index (κ1) is 28.7. The van der Waals surface area contributed by atoms with Crippen LogP contribution < -0.4 is 10.6 Å². The zero-order chi connectivity index (χ0) is 30.0. The summed E-state index contributed by atoms with van der Waals surface area (Å²) in [5.41, 5.74) is 6.44. The SMILES string of the molecule is Cc1cccc(/C=C/C(=O)c2ccc(NC(=O)/C(=C/c3ccc(-c4ccccc4)cc3)NC(=O)c3ccccc3)cc2)c1. The summed E-state index contributed by atoms with van der Waals surface area (Å²) in [7, 11) is 0. The van der Waals surface area contributed by atoms with Crippen molar-refractivity contribution in [2.24, 2.45) is 0 Å². The standard InChI is InChI=1S/C38H30N2O3/c1-27-9-8-10-28(25-27)17-24-36(41)32-20-22-34(23-21-32)39-38(43)35(40-37(42)33-13-6-3-7-14-33)26-29-15-18-31(19-16-29)30-11-4-2-5-12-30/h2-26H,1H3,(H,39,43)(H,40,42)/b24-17+,35-26-. The summed E-state index contributed by atoms with van der Waals surface area (Å²) in [6.45, 7) is 2.00. The van der Waals surface area contributed by atoms with Gasteiger partial charge < -0.3 is 10.6 Å². The lowest BCUT2D eigenvalue weighted by molar-refractivity contribution is -0.113. The molecule has 5 aromatic carbocycles. The van der Waals surface area contributed by atoms with Gasteiger partial charge in [-0.2, -0.15) is 0 Å². The van der Waals surface area contributed by atoms with E-state index in [1.54, 1.807) is 60.7 Å². The second kappa shape index (κ2) is 13.7. The second-order valence-electron chi connectivity index (χ2n) is 10.0. The molecule has 2 N–H and O–H groups in total. The minimum atomic E-state index is -0.491. The number of ketones is 1. The molecule has 0 radical (unpaired) electrons. The van der Waals surface area contributed by atoms with E-state index in [4.69, 9.17) is 0 Å². The molecule has 5 nitrogen and oxygen atoms in total. The van der Waals surface area contributed by atoms with E-state index in [0.717, 1.165) is 27.8 Å². The van der Waals surface area contributed by atoms with Crippen molar-refractivity contribution in [2.75, 3.05) is 5.32 Å². The van der Waals surface area contributed by atoms with Crippen molar-refractivity contribution < 1.29 is 14.4 Å². The first-order valence-corrected chi connectivity index (χ1v) is 13.9. The molecule has 5 aromatic rings. The summed E-state index contributed by atoms with van der Waals surface area (Å²) in [5.74, 6) is -1.03. The average molecular weight is 563 g/mol. The number of anilines is 1. The zero-order valence-electron chi connectivity index (χ0n) is 23.7. The van der Waals surface area contributed by atoms with Gasteiger partial charge >= 0.3 is 0 Å². The van der Waals surface area contributed by atoms with E-state index < -0.39 is 11.8 Å². The Morgan fingerprint density at radius 2 is 1.26 bits per heavy atom. The fourth-order valence-electron chi connectivity index (χ4n) is 4.47. The molecule has 0 aliphatic carbocycles. The molecule has 5 rings (SSSR count). The Morgan fingerprint density at radius 1 is 0.605 bits per heavy atom. The third-order valence-corrected chi connectivity index (χ3v) is 6.75. The zero-order valence-corrected chi connectivity index (χ0v) is 23.7. The summed E-state index contributed by atoms with van der Waals surface area (Å²) in [6.07, 6.45) is 4.95. The molecular formula is C38H30N2O3. The molecular weight excluding hydrogens is 532 g/mol. The minimum Gasteiger partial charge on any atom is -0.321 e. The molecule has 5 heteroatoms. The number of hydrogen-bond donors (Lipinski definition) is 2. The van der Waals surface area contributed by atoms with E-state index in [1.165, 1.54) is 6.08 Å². The van der Waals surface area contributed by atoms with Gasteiger partial charge in [0.05, 0.1) is 0 Å². The van der Waals surface area contributed by atoms with Crippen molar-refractivity contribution >= 4 is 35.4 Å². The van der Waals surface area contributed by atoms with Crippen LogP contribution in [-0.2, 0) is 4.79 Å². The van der Waals surface area contributed by atoms with Crippen LogP contribution in [0.15, 0.2) is 145 Å². The Bertz CT molecular complexity index is 1790. The second-order valence-corrected chi connectivity index (χ2v) is 10.0. The highest BCUT2D eigenvalue weighted by Gasteiger charge is 2.15. The van der Waals surface area contributed by atoms with Gasteiger partial charge in [0.1, 0.15) is 5.70 Å². The maximum Gasteiger partial charge on any atom is 0.272 e. The number of carbonyl (C=O) groups excluding carboxylic acids is 3. The Balaban J connectivity index is 1.33. The maximum absolute atomic E-state index is 13.4. The van der Waals surface area contributed by atoms with Crippen LogP contribution in [-0.4, -0.2) is 17.6 Å².